The summed E-state index contributed by atoms with van der Waals surface area (Å²) in [6, 6.07) is 0. The van der Waals surface area contributed by atoms with Crippen molar-refractivity contribution in [2.24, 2.45) is 16.2 Å². The minimum atomic E-state index is -0.154. The summed E-state index contributed by atoms with van der Waals surface area (Å²) in [5, 5.41) is 18.3. The molecule has 0 spiro atoms. The van der Waals surface area contributed by atoms with Gasteiger partial charge in [0.2, 0.25) is 0 Å². The third-order valence-corrected chi connectivity index (χ3v) is 7.12. The Hall–Kier alpha value is 1.32. The Balaban J connectivity index is 0. The lowest BCUT2D eigenvalue weighted by atomic mass is 9.69. The topological polar surface area (TPSA) is 40.5 Å². The van der Waals surface area contributed by atoms with E-state index in [9.17, 15) is 5.11 Å². The molecule has 6 heteroatoms. The first kappa shape index (κ1) is 25.6. The molecule has 0 unspecified atom stereocenters. The van der Waals surface area contributed by atoms with E-state index in [1.165, 1.54) is 6.42 Å². The molecule has 0 amide bonds. The minimum absolute atomic E-state index is 0.0395. The molecule has 2 nitrogen and oxygen atoms in total. The fourth-order valence-electron chi connectivity index (χ4n) is 1.80. The second-order valence-corrected chi connectivity index (χ2v) is 8.35. The van der Waals surface area contributed by atoms with Crippen molar-refractivity contribution in [3.05, 3.63) is 0 Å². The quantitative estimate of drug-likeness (QED) is 0.339. The summed E-state index contributed by atoms with van der Waals surface area (Å²) in [5.41, 5.74) is -0.132. The zero-order valence-corrected chi connectivity index (χ0v) is 18.1. The van der Waals surface area contributed by atoms with Crippen molar-refractivity contribution in [1.29, 1.82) is 0 Å². The second kappa shape index (κ2) is 12.6. The molecule has 136 valence electrons. The largest absolute Gasteiger partial charge is 0.396 e. The van der Waals surface area contributed by atoms with Gasteiger partial charge in [-0.05, 0) is 34.8 Å². The second-order valence-electron chi connectivity index (χ2n) is 7.08. The molecule has 0 saturated heterocycles. The Kier molecular flexibility index (Phi) is 14.7. The van der Waals surface area contributed by atoms with Crippen LogP contribution in [0, 0.1) is 16.2 Å². The molecule has 0 aliphatic carbocycles. The average molecular weight is 389 g/mol. The number of thiol groups is 4. The van der Waals surface area contributed by atoms with Gasteiger partial charge in [-0.1, -0.05) is 40.5 Å². The summed E-state index contributed by atoms with van der Waals surface area (Å²) in [5.74, 6) is 2.81. The highest BCUT2D eigenvalue weighted by molar-refractivity contribution is 7.81. The Labute approximate surface area is 159 Å². The van der Waals surface area contributed by atoms with Crippen LogP contribution in [0.3, 0.4) is 0 Å². The maximum atomic E-state index is 9.21. The van der Waals surface area contributed by atoms with Crippen LogP contribution in [0.1, 0.15) is 47.0 Å². The zero-order chi connectivity index (χ0) is 17.9. The molecule has 0 aromatic heterocycles. The zero-order valence-electron chi connectivity index (χ0n) is 14.5. The molecule has 0 aliphatic heterocycles. The van der Waals surface area contributed by atoms with E-state index < -0.39 is 0 Å². The van der Waals surface area contributed by atoms with Gasteiger partial charge < -0.3 is 10.2 Å². The van der Waals surface area contributed by atoms with E-state index in [4.69, 9.17) is 5.11 Å². The Morgan fingerprint density at radius 2 is 1.23 bits per heavy atom. The summed E-state index contributed by atoms with van der Waals surface area (Å²) < 4.78 is 0. The third kappa shape index (κ3) is 7.93. The fourth-order valence-corrected chi connectivity index (χ4v) is 4.27. The van der Waals surface area contributed by atoms with Crippen molar-refractivity contribution < 1.29 is 10.2 Å². The highest BCUT2D eigenvalue weighted by Crippen LogP contribution is 2.40. The predicted molar refractivity (Wildman–Crippen MR) is 113 cm³/mol. The molecule has 0 radical (unpaired) electrons. The van der Waals surface area contributed by atoms with Crippen LogP contribution < -0.4 is 0 Å². The van der Waals surface area contributed by atoms with Crippen LogP contribution in [-0.4, -0.2) is 46.4 Å². The maximum absolute atomic E-state index is 9.21. The van der Waals surface area contributed by atoms with E-state index in [0.29, 0.717) is 11.5 Å². The summed E-state index contributed by atoms with van der Waals surface area (Å²) in [4.78, 5) is 0. The van der Waals surface area contributed by atoms with Crippen molar-refractivity contribution in [3.63, 3.8) is 0 Å². The van der Waals surface area contributed by atoms with Crippen molar-refractivity contribution in [2.45, 2.75) is 47.0 Å². The highest BCUT2D eigenvalue weighted by Gasteiger charge is 2.38. The van der Waals surface area contributed by atoms with Gasteiger partial charge in [0.25, 0.3) is 0 Å². The van der Waals surface area contributed by atoms with E-state index in [1.807, 2.05) is 0 Å². The lowest BCUT2D eigenvalue weighted by Crippen LogP contribution is -2.42. The first-order valence-electron chi connectivity index (χ1n) is 7.83. The van der Waals surface area contributed by atoms with E-state index in [1.54, 1.807) is 0 Å². The number of hydrogen-bond donors (Lipinski definition) is 6. The molecule has 0 bridgehead atoms. The van der Waals surface area contributed by atoms with E-state index in [-0.39, 0.29) is 29.5 Å². The fraction of sp³-hybridized carbons (Fsp3) is 1.00. The Morgan fingerprint density at radius 1 is 0.773 bits per heavy atom. The first-order chi connectivity index (χ1) is 10.2. The molecule has 0 aliphatic rings. The smallest absolute Gasteiger partial charge is 0.0508 e. The van der Waals surface area contributed by atoms with Gasteiger partial charge in [0.15, 0.2) is 0 Å². The van der Waals surface area contributed by atoms with Gasteiger partial charge in [-0.15, -0.1) is 0 Å². The molecule has 22 heavy (non-hydrogen) atoms. The van der Waals surface area contributed by atoms with Crippen LogP contribution in [0.4, 0.5) is 0 Å². The van der Waals surface area contributed by atoms with Crippen LogP contribution in [0.15, 0.2) is 0 Å². The summed E-state index contributed by atoms with van der Waals surface area (Å²) in [7, 11) is 0. The van der Waals surface area contributed by atoms with Gasteiger partial charge in [-0.25, -0.2) is 0 Å². The van der Waals surface area contributed by atoms with Crippen LogP contribution in [0.2, 0.25) is 0 Å². The van der Waals surface area contributed by atoms with E-state index in [0.717, 1.165) is 24.3 Å². The number of rotatable bonds is 9. The lowest BCUT2D eigenvalue weighted by molar-refractivity contribution is 0.0601. The SMILES string of the molecule is CC(C)(C)C(CO)(CS)CS.CCCCC(CO)(CS)CS. The molecule has 0 aromatic rings. The monoisotopic (exact) mass is 388 g/mol. The van der Waals surface area contributed by atoms with Crippen LogP contribution in [0.5, 0.6) is 0 Å². The average Bonchev–Trinajstić information content (AvgIpc) is 2.51. The summed E-state index contributed by atoms with van der Waals surface area (Å²) >= 11 is 16.9. The first-order valence-corrected chi connectivity index (χ1v) is 10.4. The molecule has 0 saturated carbocycles. The molecule has 2 N–H and O–H groups in total. The van der Waals surface area contributed by atoms with Gasteiger partial charge in [0.05, 0.1) is 13.2 Å². The normalized spacial score (nSPS) is 12.8. The summed E-state index contributed by atoms with van der Waals surface area (Å²) in [6.45, 7) is 8.84. The predicted octanol–water partition coefficient (Wildman–Crippen LogP) is 3.89. The van der Waals surface area contributed by atoms with Gasteiger partial charge in [0, 0.05) is 10.8 Å². The van der Waals surface area contributed by atoms with Gasteiger partial charge in [-0.3, -0.25) is 0 Å². The molecule has 0 atom stereocenters. The highest BCUT2D eigenvalue weighted by atomic mass is 32.1. The van der Waals surface area contributed by atoms with Crippen molar-refractivity contribution in [2.75, 3.05) is 36.2 Å². The van der Waals surface area contributed by atoms with Gasteiger partial charge in [-0.2, -0.15) is 50.5 Å². The van der Waals surface area contributed by atoms with E-state index >= 15 is 0 Å². The molecule has 0 fully saturated rings. The number of aliphatic hydroxyl groups is 2. The van der Waals surface area contributed by atoms with Crippen molar-refractivity contribution in [3.8, 4) is 0 Å². The van der Waals surface area contributed by atoms with Gasteiger partial charge >= 0.3 is 0 Å². The molecule has 0 heterocycles. The summed E-state index contributed by atoms with van der Waals surface area (Å²) in [6.07, 6.45) is 3.36. The Bertz CT molecular complexity index is 243. The number of unbranched alkanes of at least 4 members (excludes halogenated alkanes) is 1. The number of hydrogen-bond acceptors (Lipinski definition) is 6. The number of aliphatic hydroxyl groups excluding tert-OH is 2. The van der Waals surface area contributed by atoms with Crippen molar-refractivity contribution >= 4 is 50.5 Å². The van der Waals surface area contributed by atoms with Crippen molar-refractivity contribution in [1.82, 2.24) is 0 Å². The molecule has 0 aromatic carbocycles. The van der Waals surface area contributed by atoms with Crippen LogP contribution in [0.25, 0.3) is 0 Å². The lowest BCUT2D eigenvalue weighted by Gasteiger charge is -2.41. The van der Waals surface area contributed by atoms with E-state index in [2.05, 4.69) is 78.2 Å². The standard InChI is InChI=1S/2C8H18OS2/c1-7(2,3)8(4-9,5-10)6-11;1-2-3-4-8(5-9,6-10)7-11/h9-11H,4-6H2,1-3H3;9-11H,2-7H2,1H3. The molecular weight excluding hydrogens is 352 g/mol. The minimum Gasteiger partial charge on any atom is -0.396 e. The van der Waals surface area contributed by atoms with Crippen LogP contribution >= 0.6 is 50.5 Å². The maximum Gasteiger partial charge on any atom is 0.0508 e. The Morgan fingerprint density at radius 3 is 1.36 bits per heavy atom. The molecule has 0 rings (SSSR count). The van der Waals surface area contributed by atoms with Gasteiger partial charge in [0.1, 0.15) is 0 Å². The molecular formula is C16H36O2S4. The van der Waals surface area contributed by atoms with Crippen LogP contribution in [-0.2, 0) is 0 Å². The third-order valence-electron chi connectivity index (χ3n) is 4.57.